The van der Waals surface area contributed by atoms with E-state index in [9.17, 15) is 4.79 Å². The summed E-state index contributed by atoms with van der Waals surface area (Å²) < 4.78 is 11.5. The normalized spacial score (nSPS) is 11.8. The van der Waals surface area contributed by atoms with Crippen molar-refractivity contribution in [1.82, 2.24) is 9.88 Å². The van der Waals surface area contributed by atoms with Crippen molar-refractivity contribution in [3.63, 3.8) is 0 Å². The molecule has 32 heavy (non-hydrogen) atoms. The number of nitrogens with zero attached hydrogens (tertiary/aromatic N) is 2. The van der Waals surface area contributed by atoms with Gasteiger partial charge in [-0.05, 0) is 69.0 Å². The summed E-state index contributed by atoms with van der Waals surface area (Å²) in [6.07, 6.45) is 0.854. The van der Waals surface area contributed by atoms with Gasteiger partial charge >= 0.3 is 0 Å². The molecule has 0 bridgehead atoms. The third-order valence-electron chi connectivity index (χ3n) is 5.77. The van der Waals surface area contributed by atoms with Gasteiger partial charge < -0.3 is 14.4 Å². The molecular formula is C26H32N2O3S. The molecule has 3 rings (SSSR count). The van der Waals surface area contributed by atoms with Crippen LogP contribution in [-0.4, -0.2) is 28.9 Å². The van der Waals surface area contributed by atoms with Gasteiger partial charge in [0, 0.05) is 11.4 Å². The summed E-state index contributed by atoms with van der Waals surface area (Å²) in [4.78, 5) is 20.0. The molecule has 0 saturated carbocycles. The molecule has 0 N–H and O–H groups in total. The second kappa shape index (κ2) is 10.6. The number of aromatic nitrogens is 1. The number of aryl methyl sites for hydroxylation is 2. The number of carbonyl (C=O) groups is 1. The number of benzene rings is 2. The van der Waals surface area contributed by atoms with Crippen LogP contribution in [0.5, 0.6) is 11.5 Å². The Bertz CT molecular complexity index is 1080. The Labute approximate surface area is 195 Å². The van der Waals surface area contributed by atoms with Crippen LogP contribution in [0.2, 0.25) is 0 Å². The van der Waals surface area contributed by atoms with Gasteiger partial charge in [0.15, 0.2) is 0 Å². The number of rotatable bonds is 9. The maximum atomic E-state index is 13.3. The first kappa shape index (κ1) is 23.8. The second-order valence-electron chi connectivity index (χ2n) is 8.12. The Morgan fingerprint density at radius 2 is 1.91 bits per heavy atom. The van der Waals surface area contributed by atoms with E-state index >= 15 is 0 Å². The molecule has 170 valence electrons. The molecule has 0 unspecified atom stereocenters. The molecule has 0 saturated heterocycles. The predicted molar refractivity (Wildman–Crippen MR) is 130 cm³/mol. The lowest BCUT2D eigenvalue weighted by Crippen LogP contribution is -2.38. The van der Waals surface area contributed by atoms with Crippen LogP contribution in [0.3, 0.4) is 0 Å². The standard InChI is InChI=1S/C26H32N2O3S/c1-7-19(4)28(26(29)22-10-8-9-11-23(22)30-6)14-21-16-32-25(27-21)15-31-24-13-17(2)12-18(3)20(24)5/h8-13,16,19H,7,14-15H2,1-6H3/t19-/m0/s1. The molecule has 0 aliphatic heterocycles. The van der Waals surface area contributed by atoms with Crippen molar-refractivity contribution in [2.45, 2.75) is 60.2 Å². The number of para-hydroxylation sites is 1. The number of carbonyl (C=O) groups excluding carboxylic acids is 1. The van der Waals surface area contributed by atoms with Gasteiger partial charge in [-0.15, -0.1) is 11.3 Å². The van der Waals surface area contributed by atoms with Gasteiger partial charge in [-0.3, -0.25) is 4.79 Å². The number of hydrogen-bond acceptors (Lipinski definition) is 5. The molecule has 6 heteroatoms. The number of amides is 1. The Hall–Kier alpha value is -2.86. The molecule has 2 aromatic carbocycles. The van der Waals surface area contributed by atoms with Crippen molar-refractivity contribution in [2.75, 3.05) is 7.11 Å². The van der Waals surface area contributed by atoms with Crippen molar-refractivity contribution < 1.29 is 14.3 Å². The largest absolute Gasteiger partial charge is 0.496 e. The van der Waals surface area contributed by atoms with E-state index in [2.05, 4.69) is 46.8 Å². The van der Waals surface area contributed by atoms with E-state index in [1.165, 1.54) is 11.1 Å². The maximum Gasteiger partial charge on any atom is 0.258 e. The molecule has 1 aromatic heterocycles. The minimum atomic E-state index is -0.0477. The fourth-order valence-electron chi connectivity index (χ4n) is 3.58. The molecule has 3 aromatic rings. The van der Waals surface area contributed by atoms with Gasteiger partial charge in [0.1, 0.15) is 23.1 Å². The topological polar surface area (TPSA) is 51.7 Å². The monoisotopic (exact) mass is 452 g/mol. The summed E-state index contributed by atoms with van der Waals surface area (Å²) in [6.45, 7) is 11.3. The van der Waals surface area contributed by atoms with E-state index in [1.54, 1.807) is 18.4 Å². The summed E-state index contributed by atoms with van der Waals surface area (Å²) in [5.74, 6) is 1.43. The van der Waals surface area contributed by atoms with Crippen LogP contribution in [0.4, 0.5) is 0 Å². The first-order valence-electron chi connectivity index (χ1n) is 10.9. The van der Waals surface area contributed by atoms with E-state index in [0.29, 0.717) is 24.5 Å². The average molecular weight is 453 g/mol. The fraction of sp³-hybridized carbons (Fsp3) is 0.385. The van der Waals surface area contributed by atoms with Gasteiger partial charge in [0.05, 0.1) is 24.9 Å². The summed E-state index contributed by atoms with van der Waals surface area (Å²) >= 11 is 1.56. The van der Waals surface area contributed by atoms with Crippen LogP contribution in [-0.2, 0) is 13.2 Å². The van der Waals surface area contributed by atoms with Gasteiger partial charge in [-0.25, -0.2) is 4.98 Å². The number of thiazole rings is 1. The molecule has 1 heterocycles. The third kappa shape index (κ3) is 5.49. The first-order chi connectivity index (χ1) is 15.3. The van der Waals surface area contributed by atoms with Crippen molar-refractivity contribution in [2.24, 2.45) is 0 Å². The molecule has 0 spiro atoms. The predicted octanol–water partition coefficient (Wildman–Crippen LogP) is 6.10. The van der Waals surface area contributed by atoms with Crippen LogP contribution < -0.4 is 9.47 Å². The van der Waals surface area contributed by atoms with Crippen LogP contribution in [0.25, 0.3) is 0 Å². The van der Waals surface area contributed by atoms with Gasteiger partial charge in [0.25, 0.3) is 5.91 Å². The van der Waals surface area contributed by atoms with Crippen molar-refractivity contribution in [3.8, 4) is 11.5 Å². The molecule has 0 aliphatic rings. The molecule has 1 atom stereocenters. The van der Waals surface area contributed by atoms with E-state index in [-0.39, 0.29) is 11.9 Å². The number of hydrogen-bond donors (Lipinski definition) is 0. The SMILES string of the molecule is CC[C@H](C)N(Cc1csc(COc2cc(C)cc(C)c2C)n1)C(=O)c1ccccc1OC. The summed E-state index contributed by atoms with van der Waals surface area (Å²) in [7, 11) is 1.59. The van der Waals surface area contributed by atoms with E-state index in [4.69, 9.17) is 14.5 Å². The Kier molecular flexibility index (Phi) is 7.91. The van der Waals surface area contributed by atoms with Gasteiger partial charge in [0.2, 0.25) is 0 Å². The van der Waals surface area contributed by atoms with Crippen LogP contribution in [0.15, 0.2) is 41.8 Å². The lowest BCUT2D eigenvalue weighted by Gasteiger charge is -2.28. The fourth-order valence-corrected chi connectivity index (χ4v) is 4.27. The summed E-state index contributed by atoms with van der Waals surface area (Å²) in [5, 5.41) is 2.91. The average Bonchev–Trinajstić information content (AvgIpc) is 3.25. The quantitative estimate of drug-likeness (QED) is 0.394. The smallest absolute Gasteiger partial charge is 0.258 e. The maximum absolute atomic E-state index is 13.3. The molecule has 0 fully saturated rings. The number of ether oxygens (including phenoxy) is 2. The second-order valence-corrected chi connectivity index (χ2v) is 9.06. The van der Waals surface area contributed by atoms with Crippen molar-refractivity contribution >= 4 is 17.2 Å². The van der Waals surface area contributed by atoms with E-state index in [1.807, 2.05) is 34.5 Å². The lowest BCUT2D eigenvalue weighted by atomic mass is 10.1. The van der Waals surface area contributed by atoms with Crippen molar-refractivity contribution in [3.05, 3.63) is 74.7 Å². The van der Waals surface area contributed by atoms with Gasteiger partial charge in [-0.2, -0.15) is 0 Å². The zero-order chi connectivity index (χ0) is 23.3. The highest BCUT2D eigenvalue weighted by Gasteiger charge is 2.24. The summed E-state index contributed by atoms with van der Waals surface area (Å²) in [5.41, 5.74) is 4.99. The molecule has 1 amide bonds. The van der Waals surface area contributed by atoms with Crippen LogP contribution >= 0.6 is 11.3 Å². The lowest BCUT2D eigenvalue weighted by molar-refractivity contribution is 0.0665. The zero-order valence-electron chi connectivity index (χ0n) is 19.8. The first-order valence-corrected chi connectivity index (χ1v) is 11.8. The molecule has 5 nitrogen and oxygen atoms in total. The number of methoxy groups -OCH3 is 1. The third-order valence-corrected chi connectivity index (χ3v) is 6.64. The van der Waals surface area contributed by atoms with Crippen LogP contribution in [0.1, 0.15) is 58.0 Å². The Balaban J connectivity index is 1.74. The minimum Gasteiger partial charge on any atom is -0.496 e. The van der Waals surface area contributed by atoms with Crippen molar-refractivity contribution in [1.29, 1.82) is 0 Å². The van der Waals surface area contributed by atoms with E-state index < -0.39 is 0 Å². The molecule has 0 aliphatic carbocycles. The minimum absolute atomic E-state index is 0.0477. The molecular weight excluding hydrogens is 420 g/mol. The highest BCUT2D eigenvalue weighted by molar-refractivity contribution is 7.09. The highest BCUT2D eigenvalue weighted by Crippen LogP contribution is 2.26. The highest BCUT2D eigenvalue weighted by atomic mass is 32.1. The Morgan fingerprint density at radius 3 is 2.62 bits per heavy atom. The van der Waals surface area contributed by atoms with E-state index in [0.717, 1.165) is 28.4 Å². The molecule has 0 radical (unpaired) electrons. The Morgan fingerprint density at radius 1 is 1.16 bits per heavy atom. The van der Waals surface area contributed by atoms with Crippen LogP contribution in [0, 0.1) is 20.8 Å². The summed E-state index contributed by atoms with van der Waals surface area (Å²) in [6, 6.07) is 11.6. The van der Waals surface area contributed by atoms with Gasteiger partial charge in [-0.1, -0.05) is 25.1 Å². The zero-order valence-corrected chi connectivity index (χ0v) is 20.6.